The molecule has 2 aromatic heterocycles. The van der Waals surface area contributed by atoms with Crippen molar-refractivity contribution >= 4 is 22.5 Å². The minimum Gasteiger partial charge on any atom is -0.361 e. The van der Waals surface area contributed by atoms with Gasteiger partial charge in [-0.1, -0.05) is 12.1 Å². The largest absolute Gasteiger partial charge is 0.361 e. The molecule has 1 amide bonds. The van der Waals surface area contributed by atoms with E-state index in [1.165, 1.54) is 10.9 Å². The minimum atomic E-state index is -0.135. The van der Waals surface area contributed by atoms with E-state index in [4.69, 9.17) is 0 Å². The van der Waals surface area contributed by atoms with Gasteiger partial charge in [0.15, 0.2) is 0 Å². The molecule has 0 radical (unpaired) electrons. The average Bonchev–Trinajstić information content (AvgIpc) is 3.25. The van der Waals surface area contributed by atoms with Gasteiger partial charge in [0.05, 0.1) is 17.9 Å². The highest BCUT2D eigenvalue weighted by atomic mass is 16.2. The number of rotatable bonds is 4. The molecule has 3 heterocycles. The smallest absolute Gasteiger partial charge is 0.244 e. The van der Waals surface area contributed by atoms with Crippen molar-refractivity contribution in [2.45, 2.75) is 19.0 Å². The Morgan fingerprint density at radius 1 is 1.39 bits per heavy atom. The minimum absolute atomic E-state index is 0.124. The van der Waals surface area contributed by atoms with E-state index in [0.29, 0.717) is 6.54 Å². The van der Waals surface area contributed by atoms with Crippen molar-refractivity contribution in [1.82, 2.24) is 20.1 Å². The molecule has 1 aromatic carbocycles. The molecule has 0 spiro atoms. The number of nitrogens with one attached hydrogen (secondary N) is 2. The van der Waals surface area contributed by atoms with Crippen LogP contribution in [0.25, 0.3) is 10.9 Å². The second-order valence-corrected chi connectivity index (χ2v) is 5.94. The second kappa shape index (κ2) is 5.55. The number of aryl methyl sites for hydroxylation is 1. The van der Waals surface area contributed by atoms with Crippen LogP contribution >= 0.6 is 0 Å². The zero-order valence-corrected chi connectivity index (χ0v) is 13.0. The Hall–Kier alpha value is -2.60. The van der Waals surface area contributed by atoms with Crippen LogP contribution in [0.1, 0.15) is 12.0 Å². The fraction of sp³-hybridized carbons (Fsp3) is 0.294. The van der Waals surface area contributed by atoms with Crippen molar-refractivity contribution in [3.8, 4) is 0 Å². The van der Waals surface area contributed by atoms with Crippen molar-refractivity contribution in [2.24, 2.45) is 7.05 Å². The zero-order valence-electron chi connectivity index (χ0n) is 13.0. The van der Waals surface area contributed by atoms with Crippen LogP contribution in [0.5, 0.6) is 0 Å². The lowest BCUT2D eigenvalue weighted by Gasteiger charge is -2.15. The summed E-state index contributed by atoms with van der Waals surface area (Å²) in [4.78, 5) is 17.6. The van der Waals surface area contributed by atoms with E-state index in [0.717, 1.165) is 24.2 Å². The molecule has 0 saturated carbocycles. The lowest BCUT2D eigenvalue weighted by molar-refractivity contribution is -0.118. The molecule has 1 aliphatic rings. The first kappa shape index (κ1) is 14.0. The quantitative estimate of drug-likeness (QED) is 0.772. The average molecular weight is 309 g/mol. The van der Waals surface area contributed by atoms with Crippen LogP contribution in [0.4, 0.5) is 5.69 Å². The number of benzene rings is 1. The summed E-state index contributed by atoms with van der Waals surface area (Å²) in [6.45, 7) is 1.42. The number of carbonyl (C=O) groups excluding carboxylic acids is 1. The van der Waals surface area contributed by atoms with Gasteiger partial charge in [0.25, 0.3) is 0 Å². The summed E-state index contributed by atoms with van der Waals surface area (Å²) in [6.07, 6.45) is 6.37. The Balaban J connectivity index is 1.46. The summed E-state index contributed by atoms with van der Waals surface area (Å²) < 4.78 is 1.72. The van der Waals surface area contributed by atoms with Crippen molar-refractivity contribution < 1.29 is 4.79 Å². The highest BCUT2D eigenvalue weighted by Crippen LogP contribution is 2.22. The van der Waals surface area contributed by atoms with Gasteiger partial charge in [-0.3, -0.25) is 9.48 Å². The van der Waals surface area contributed by atoms with Crippen LogP contribution in [-0.4, -0.2) is 33.3 Å². The Kier molecular flexibility index (Phi) is 3.38. The van der Waals surface area contributed by atoms with Gasteiger partial charge in [-0.2, -0.15) is 5.10 Å². The predicted octanol–water partition coefficient (Wildman–Crippen LogP) is 1.80. The number of hydrogen-bond acceptors (Lipinski definition) is 3. The third-order valence-electron chi connectivity index (χ3n) is 4.43. The molecular formula is C17H19N5O. The number of amides is 1. The molecule has 1 fully saturated rings. The van der Waals surface area contributed by atoms with Gasteiger partial charge in [0, 0.05) is 43.4 Å². The van der Waals surface area contributed by atoms with E-state index in [1.54, 1.807) is 10.9 Å². The third kappa shape index (κ3) is 2.51. The zero-order chi connectivity index (χ0) is 15.8. The number of nitrogens with zero attached hydrogens (tertiary/aromatic N) is 3. The van der Waals surface area contributed by atoms with E-state index in [2.05, 4.69) is 33.6 Å². The van der Waals surface area contributed by atoms with Crippen LogP contribution in [-0.2, 0) is 18.4 Å². The van der Waals surface area contributed by atoms with Crippen LogP contribution in [0, 0.1) is 0 Å². The van der Waals surface area contributed by atoms with Gasteiger partial charge in [0.1, 0.15) is 0 Å². The Morgan fingerprint density at radius 3 is 3.13 bits per heavy atom. The highest BCUT2D eigenvalue weighted by molar-refractivity contribution is 5.99. The maximum Gasteiger partial charge on any atom is 0.244 e. The van der Waals surface area contributed by atoms with Crippen molar-refractivity contribution in [3.63, 3.8) is 0 Å². The molecule has 6 heteroatoms. The van der Waals surface area contributed by atoms with Gasteiger partial charge in [-0.05, 0) is 24.1 Å². The Bertz CT molecular complexity index is 849. The summed E-state index contributed by atoms with van der Waals surface area (Å²) in [5.41, 5.74) is 3.20. The third-order valence-corrected chi connectivity index (χ3v) is 4.43. The standard InChI is InChI=1S/C17H19N5O/c1-21-11-13(10-20-21)22-8-6-16(17(22)23)19-9-12-3-2-4-15-14(12)5-7-18-15/h2-5,7,10-11,16,18-19H,6,8-9H2,1H3. The van der Waals surface area contributed by atoms with E-state index in [9.17, 15) is 4.79 Å². The molecular weight excluding hydrogens is 290 g/mol. The molecule has 0 aliphatic carbocycles. The number of H-pyrrole nitrogens is 1. The van der Waals surface area contributed by atoms with Crippen LogP contribution in [0.2, 0.25) is 0 Å². The molecule has 118 valence electrons. The van der Waals surface area contributed by atoms with E-state index >= 15 is 0 Å². The highest BCUT2D eigenvalue weighted by Gasteiger charge is 2.32. The molecule has 1 unspecified atom stereocenters. The number of fused-ring (bicyclic) bond motifs is 1. The molecule has 4 rings (SSSR count). The topological polar surface area (TPSA) is 65.9 Å². The van der Waals surface area contributed by atoms with Gasteiger partial charge >= 0.3 is 0 Å². The van der Waals surface area contributed by atoms with E-state index in [1.807, 2.05) is 30.4 Å². The SMILES string of the molecule is Cn1cc(N2CCC(NCc3cccc4[nH]ccc34)C2=O)cn1. The summed E-state index contributed by atoms with van der Waals surface area (Å²) in [5.74, 6) is 0.124. The number of carbonyl (C=O) groups is 1. The maximum atomic E-state index is 12.6. The number of hydrogen-bond donors (Lipinski definition) is 2. The van der Waals surface area contributed by atoms with Crippen LogP contribution in [0.15, 0.2) is 42.9 Å². The van der Waals surface area contributed by atoms with Crippen molar-refractivity contribution in [1.29, 1.82) is 0 Å². The Morgan fingerprint density at radius 2 is 2.30 bits per heavy atom. The number of anilines is 1. The first-order chi connectivity index (χ1) is 11.2. The summed E-state index contributed by atoms with van der Waals surface area (Å²) in [6, 6.07) is 8.13. The summed E-state index contributed by atoms with van der Waals surface area (Å²) in [5, 5.41) is 8.75. The first-order valence-electron chi connectivity index (χ1n) is 7.81. The Labute approximate surface area is 134 Å². The van der Waals surface area contributed by atoms with Crippen LogP contribution < -0.4 is 10.2 Å². The first-order valence-corrected chi connectivity index (χ1v) is 7.81. The fourth-order valence-corrected chi connectivity index (χ4v) is 3.21. The predicted molar refractivity (Wildman–Crippen MR) is 89.1 cm³/mol. The molecule has 1 aliphatic heterocycles. The molecule has 1 atom stereocenters. The lowest BCUT2D eigenvalue weighted by Crippen LogP contribution is -2.37. The number of aromatic nitrogens is 3. The molecule has 1 saturated heterocycles. The van der Waals surface area contributed by atoms with Gasteiger partial charge in [-0.25, -0.2) is 0 Å². The maximum absolute atomic E-state index is 12.6. The molecule has 23 heavy (non-hydrogen) atoms. The van der Waals surface area contributed by atoms with E-state index in [-0.39, 0.29) is 11.9 Å². The molecule has 3 aromatic rings. The number of aromatic amines is 1. The van der Waals surface area contributed by atoms with Crippen LogP contribution in [0.3, 0.4) is 0 Å². The summed E-state index contributed by atoms with van der Waals surface area (Å²) >= 11 is 0. The normalized spacial score (nSPS) is 18.2. The van der Waals surface area contributed by atoms with E-state index < -0.39 is 0 Å². The van der Waals surface area contributed by atoms with Gasteiger partial charge in [-0.15, -0.1) is 0 Å². The lowest BCUT2D eigenvalue weighted by atomic mass is 10.1. The van der Waals surface area contributed by atoms with Crippen molar-refractivity contribution in [3.05, 3.63) is 48.4 Å². The summed E-state index contributed by atoms with van der Waals surface area (Å²) in [7, 11) is 1.86. The van der Waals surface area contributed by atoms with Crippen molar-refractivity contribution in [2.75, 3.05) is 11.4 Å². The molecule has 6 nitrogen and oxygen atoms in total. The van der Waals surface area contributed by atoms with Gasteiger partial charge in [0.2, 0.25) is 5.91 Å². The second-order valence-electron chi connectivity index (χ2n) is 5.94. The molecule has 2 N–H and O–H groups in total. The monoisotopic (exact) mass is 309 g/mol. The molecule has 0 bridgehead atoms. The van der Waals surface area contributed by atoms with Gasteiger partial charge < -0.3 is 15.2 Å². The fourth-order valence-electron chi connectivity index (χ4n) is 3.21.